The number of benzene rings is 3. The number of carbonyl (C=O) groups is 3. The normalized spacial score (nSPS) is 13.0. The summed E-state index contributed by atoms with van der Waals surface area (Å²) in [4.78, 5) is 53.5. The zero-order chi connectivity index (χ0) is 26.6. The van der Waals surface area contributed by atoms with E-state index in [0.29, 0.717) is 21.7 Å². The second-order valence-corrected chi connectivity index (χ2v) is 9.66. The predicted molar refractivity (Wildman–Crippen MR) is 139 cm³/mol. The van der Waals surface area contributed by atoms with Crippen molar-refractivity contribution in [3.63, 3.8) is 0 Å². The Hall–Kier alpha value is -4.23. The number of imide groups is 1. The summed E-state index contributed by atoms with van der Waals surface area (Å²) in [5.41, 5.74) is 2.09. The maximum atomic E-state index is 13.6. The predicted octanol–water partition coefficient (Wildman–Crippen LogP) is 5.95. The van der Waals surface area contributed by atoms with Crippen LogP contribution in [0.5, 0.6) is 5.75 Å². The Morgan fingerprint density at radius 2 is 1.62 bits per heavy atom. The molecule has 0 saturated carbocycles. The van der Waals surface area contributed by atoms with Crippen LogP contribution < -0.4 is 10.2 Å². The van der Waals surface area contributed by atoms with E-state index in [-0.39, 0.29) is 39.6 Å². The van der Waals surface area contributed by atoms with Crippen molar-refractivity contribution in [2.45, 2.75) is 33.7 Å². The first-order valence-electron chi connectivity index (χ1n) is 11.7. The van der Waals surface area contributed by atoms with Gasteiger partial charge in [-0.3, -0.25) is 19.3 Å². The number of hydrogen-bond acceptors (Lipinski definition) is 6. The fourth-order valence-corrected chi connectivity index (χ4v) is 4.82. The number of fused-ring (bicyclic) bond motifs is 2. The lowest BCUT2D eigenvalue weighted by molar-refractivity contribution is 0.0608. The van der Waals surface area contributed by atoms with Crippen LogP contribution in [0.15, 0.2) is 63.8 Å². The minimum atomic E-state index is -0.879. The van der Waals surface area contributed by atoms with Crippen molar-refractivity contribution in [1.82, 2.24) is 4.90 Å². The molecule has 0 aliphatic carbocycles. The quantitative estimate of drug-likeness (QED) is 0.246. The summed E-state index contributed by atoms with van der Waals surface area (Å²) in [7, 11) is 0. The van der Waals surface area contributed by atoms with E-state index < -0.39 is 23.2 Å². The fourth-order valence-electron chi connectivity index (χ4n) is 4.60. The van der Waals surface area contributed by atoms with E-state index in [0.717, 1.165) is 10.5 Å². The Balaban J connectivity index is 1.64. The summed E-state index contributed by atoms with van der Waals surface area (Å²) >= 11 is 6.41. The average molecular weight is 516 g/mol. The summed E-state index contributed by atoms with van der Waals surface area (Å²) in [5, 5.41) is 0.591. The van der Waals surface area contributed by atoms with Gasteiger partial charge in [-0.15, -0.1) is 0 Å². The second-order valence-electron chi connectivity index (χ2n) is 9.25. The molecule has 0 bridgehead atoms. The lowest BCUT2D eigenvalue weighted by Crippen LogP contribution is -2.35. The molecule has 3 aromatic carbocycles. The van der Waals surface area contributed by atoms with Crippen molar-refractivity contribution in [3.8, 4) is 17.1 Å². The molecule has 5 rings (SSSR count). The lowest BCUT2D eigenvalue weighted by atomic mass is 10.0. The molecule has 2 amide bonds. The maximum Gasteiger partial charge on any atom is 0.343 e. The number of carbonyl (C=O) groups excluding carboxylic acids is 3. The zero-order valence-electron chi connectivity index (χ0n) is 20.5. The molecule has 2 heterocycles. The van der Waals surface area contributed by atoms with Crippen molar-refractivity contribution in [2.24, 2.45) is 0 Å². The Kier molecular flexibility index (Phi) is 5.96. The molecule has 37 heavy (non-hydrogen) atoms. The number of nitrogens with zero attached hydrogens (tertiary/aromatic N) is 1. The third kappa shape index (κ3) is 4.01. The van der Waals surface area contributed by atoms with Gasteiger partial charge in [0.25, 0.3) is 11.8 Å². The topological polar surface area (TPSA) is 93.9 Å². The highest BCUT2D eigenvalue weighted by atomic mass is 35.5. The highest BCUT2D eigenvalue weighted by Gasteiger charge is 2.37. The first kappa shape index (κ1) is 24.5. The number of esters is 1. The van der Waals surface area contributed by atoms with Crippen molar-refractivity contribution < 1.29 is 23.5 Å². The van der Waals surface area contributed by atoms with E-state index in [9.17, 15) is 19.2 Å². The largest absolute Gasteiger partial charge is 0.452 e. The van der Waals surface area contributed by atoms with Crippen LogP contribution in [0.2, 0.25) is 5.02 Å². The van der Waals surface area contributed by atoms with Crippen LogP contribution in [-0.4, -0.2) is 28.7 Å². The number of rotatable bonds is 4. The first-order valence-corrected chi connectivity index (χ1v) is 12.0. The molecule has 186 valence electrons. The smallest absolute Gasteiger partial charge is 0.343 e. The van der Waals surface area contributed by atoms with E-state index in [1.807, 2.05) is 13.0 Å². The molecule has 4 aromatic rings. The third-order valence-electron chi connectivity index (χ3n) is 6.28. The molecule has 0 atom stereocenters. The van der Waals surface area contributed by atoms with Crippen LogP contribution in [0.1, 0.15) is 56.0 Å². The number of hydrogen-bond donors (Lipinski definition) is 0. The molecule has 1 aromatic heterocycles. The van der Waals surface area contributed by atoms with Gasteiger partial charge in [0.1, 0.15) is 5.58 Å². The van der Waals surface area contributed by atoms with Gasteiger partial charge in [-0.1, -0.05) is 29.8 Å². The van der Waals surface area contributed by atoms with Gasteiger partial charge in [0.05, 0.1) is 27.1 Å². The third-order valence-corrected chi connectivity index (χ3v) is 6.61. The maximum absolute atomic E-state index is 13.6. The molecule has 7 nitrogen and oxygen atoms in total. The van der Waals surface area contributed by atoms with E-state index in [1.165, 1.54) is 18.2 Å². The molecule has 0 unspecified atom stereocenters. The van der Waals surface area contributed by atoms with Crippen molar-refractivity contribution in [1.29, 1.82) is 0 Å². The first-order chi connectivity index (χ1) is 17.6. The number of halogens is 1. The van der Waals surface area contributed by atoms with Gasteiger partial charge in [0.15, 0.2) is 5.76 Å². The van der Waals surface area contributed by atoms with Crippen molar-refractivity contribution in [2.75, 3.05) is 0 Å². The molecule has 0 fully saturated rings. The van der Waals surface area contributed by atoms with Gasteiger partial charge in [-0.25, -0.2) is 4.79 Å². The monoisotopic (exact) mass is 515 g/mol. The molecule has 1 aliphatic rings. The summed E-state index contributed by atoms with van der Waals surface area (Å²) in [6, 6.07) is 14.1. The molecular weight excluding hydrogens is 494 g/mol. The van der Waals surface area contributed by atoms with Crippen LogP contribution in [0, 0.1) is 13.8 Å². The van der Waals surface area contributed by atoms with Gasteiger partial charge in [0, 0.05) is 11.6 Å². The average Bonchev–Trinajstić information content (AvgIpc) is 3.10. The molecule has 0 N–H and O–H groups in total. The molecule has 0 saturated heterocycles. The van der Waals surface area contributed by atoms with E-state index in [2.05, 4.69) is 0 Å². The van der Waals surface area contributed by atoms with Crippen molar-refractivity contribution >= 4 is 40.4 Å². The summed E-state index contributed by atoms with van der Waals surface area (Å²) in [6.45, 7) is 7.12. The Bertz CT molecular complexity index is 1700. The van der Waals surface area contributed by atoms with E-state index in [4.69, 9.17) is 20.8 Å². The van der Waals surface area contributed by atoms with Crippen molar-refractivity contribution in [3.05, 3.63) is 97.7 Å². The van der Waals surface area contributed by atoms with Crippen LogP contribution >= 0.6 is 11.6 Å². The number of amides is 2. The molecule has 0 spiro atoms. The molecule has 1 aliphatic heterocycles. The minimum Gasteiger partial charge on any atom is -0.452 e. The highest BCUT2D eigenvalue weighted by Crippen LogP contribution is 2.36. The zero-order valence-corrected chi connectivity index (χ0v) is 21.3. The van der Waals surface area contributed by atoms with E-state index in [1.54, 1.807) is 51.1 Å². The Labute approximate surface area is 217 Å². The van der Waals surface area contributed by atoms with Gasteiger partial charge >= 0.3 is 5.97 Å². The summed E-state index contributed by atoms with van der Waals surface area (Å²) < 4.78 is 11.8. The van der Waals surface area contributed by atoms with Crippen LogP contribution in [0.4, 0.5) is 0 Å². The molecule has 0 radical (unpaired) electrons. The van der Waals surface area contributed by atoms with Crippen LogP contribution in [0.25, 0.3) is 22.3 Å². The highest BCUT2D eigenvalue weighted by molar-refractivity contribution is 6.33. The fraction of sp³-hybridized carbons (Fsp3) is 0.172. The number of ether oxygens (including phenoxy) is 1. The summed E-state index contributed by atoms with van der Waals surface area (Å²) in [6.07, 6.45) is 0. The van der Waals surface area contributed by atoms with Gasteiger partial charge < -0.3 is 9.15 Å². The summed E-state index contributed by atoms with van der Waals surface area (Å²) in [5.74, 6) is -2.09. The molecule has 8 heteroatoms. The Morgan fingerprint density at radius 3 is 2.32 bits per heavy atom. The SMILES string of the molecule is Cc1cc(C)c2c(=O)c(OC(=O)c3ccc4c(c3)C(=O)N(C(C)C)C4=O)c(-c3ccccc3Cl)oc2c1. The van der Waals surface area contributed by atoms with Gasteiger partial charge in [-0.05, 0) is 75.2 Å². The number of aryl methyl sites for hydroxylation is 2. The van der Waals surface area contributed by atoms with Crippen LogP contribution in [-0.2, 0) is 0 Å². The van der Waals surface area contributed by atoms with E-state index >= 15 is 0 Å². The Morgan fingerprint density at radius 1 is 0.919 bits per heavy atom. The molecular formula is C29H22ClNO6. The van der Waals surface area contributed by atoms with Gasteiger partial charge in [-0.2, -0.15) is 0 Å². The lowest BCUT2D eigenvalue weighted by Gasteiger charge is -2.17. The van der Waals surface area contributed by atoms with Crippen LogP contribution in [0.3, 0.4) is 0 Å². The second kappa shape index (κ2) is 9.01. The minimum absolute atomic E-state index is 0.00994. The van der Waals surface area contributed by atoms with Gasteiger partial charge in [0.2, 0.25) is 11.2 Å². The standard InChI is InChI=1S/C29H22ClNO6/c1-14(2)31-27(33)18-10-9-17(13-20(18)28(31)34)29(35)37-26-24(32)23-16(4)11-15(3)12-22(23)36-25(26)19-7-5-6-8-21(19)30/h5-14H,1-4H3.